The third-order valence-electron chi connectivity index (χ3n) is 14.1. The Hall–Kier alpha value is -0.280. The van der Waals surface area contributed by atoms with Crippen molar-refractivity contribution in [3.63, 3.8) is 0 Å². The van der Waals surface area contributed by atoms with E-state index >= 15 is 0 Å². The molecular formula is C41H79N3O4. The van der Waals surface area contributed by atoms with Gasteiger partial charge in [-0.1, -0.05) is 59.8 Å². The molecule has 7 nitrogen and oxygen atoms in total. The number of hydrogen-bond donors (Lipinski definition) is 3. The average Bonchev–Trinajstić information content (AvgIpc) is 3.44. The van der Waals surface area contributed by atoms with Crippen molar-refractivity contribution in [3.05, 3.63) is 0 Å². The fourth-order valence-corrected chi connectivity index (χ4v) is 11.4. The molecule has 4 fully saturated rings. The molecule has 0 radical (unpaired) electrons. The van der Waals surface area contributed by atoms with Crippen LogP contribution in [0, 0.1) is 46.3 Å². The number of nitrogens with two attached hydrogens (primary N) is 3. The molecule has 7 heteroatoms. The highest BCUT2D eigenvalue weighted by atomic mass is 16.5. The summed E-state index contributed by atoms with van der Waals surface area (Å²) in [6, 6.07) is 0. The number of hydrogen-bond acceptors (Lipinski definition) is 7. The van der Waals surface area contributed by atoms with Gasteiger partial charge in [0.1, 0.15) is 0 Å². The lowest BCUT2D eigenvalue weighted by molar-refractivity contribution is -0.227. The Morgan fingerprint density at radius 3 is 2.06 bits per heavy atom. The summed E-state index contributed by atoms with van der Waals surface area (Å²) in [4.78, 5) is 0. The van der Waals surface area contributed by atoms with Crippen LogP contribution in [-0.4, -0.2) is 71.0 Å². The molecule has 0 bridgehead atoms. The minimum atomic E-state index is 0.162. The summed E-state index contributed by atoms with van der Waals surface area (Å²) in [5.74, 6) is 3.81. The molecule has 6 N–H and O–H groups in total. The van der Waals surface area contributed by atoms with E-state index in [2.05, 4.69) is 27.7 Å². The van der Waals surface area contributed by atoms with E-state index in [1.165, 1.54) is 77.0 Å². The number of rotatable bonds is 24. The van der Waals surface area contributed by atoms with Gasteiger partial charge in [-0.25, -0.2) is 0 Å². The van der Waals surface area contributed by atoms with Crippen molar-refractivity contribution >= 4 is 0 Å². The first-order chi connectivity index (χ1) is 23.3. The SMILES string of the molecule is CCCCCCCCOCCC[C@@H](C)[C@H]1CC[C@H]2[C@@H]3[C@H](OCCCN)C[C@@H]4CC(OCCCN)CC[C@]4(C)[C@H]3C[C@H](OCCCN)[C@]12C. The van der Waals surface area contributed by atoms with Crippen LogP contribution in [0.15, 0.2) is 0 Å². The van der Waals surface area contributed by atoms with Gasteiger partial charge in [0.05, 0.1) is 18.3 Å². The number of fused-ring (bicyclic) bond motifs is 5. The zero-order valence-electron chi connectivity index (χ0n) is 31.9. The molecule has 11 atom stereocenters. The predicted molar refractivity (Wildman–Crippen MR) is 199 cm³/mol. The van der Waals surface area contributed by atoms with Crippen LogP contribution in [-0.2, 0) is 18.9 Å². The first-order valence-corrected chi connectivity index (χ1v) is 20.9. The Morgan fingerprint density at radius 1 is 0.667 bits per heavy atom. The Morgan fingerprint density at radius 2 is 1.33 bits per heavy atom. The Bertz CT molecular complexity index is 879. The van der Waals surface area contributed by atoms with E-state index in [1.807, 2.05) is 0 Å². The molecular weight excluding hydrogens is 598 g/mol. The van der Waals surface area contributed by atoms with Crippen molar-refractivity contribution in [1.29, 1.82) is 0 Å². The molecule has 0 aromatic carbocycles. The number of ether oxygens (including phenoxy) is 4. The molecule has 1 unspecified atom stereocenters. The summed E-state index contributed by atoms with van der Waals surface area (Å²) in [7, 11) is 0. The van der Waals surface area contributed by atoms with E-state index in [-0.39, 0.29) is 11.5 Å². The Labute approximate surface area is 296 Å². The fraction of sp³-hybridized carbons (Fsp3) is 1.00. The molecule has 282 valence electrons. The molecule has 0 aromatic rings. The predicted octanol–water partition coefficient (Wildman–Crippen LogP) is 7.86. The summed E-state index contributed by atoms with van der Waals surface area (Å²) in [6.07, 6.45) is 22.6. The minimum absolute atomic E-state index is 0.162. The van der Waals surface area contributed by atoms with Crippen LogP contribution in [0.2, 0.25) is 0 Å². The van der Waals surface area contributed by atoms with Crippen molar-refractivity contribution in [1.82, 2.24) is 0 Å². The van der Waals surface area contributed by atoms with Gasteiger partial charge < -0.3 is 36.1 Å². The monoisotopic (exact) mass is 678 g/mol. The molecule has 0 spiro atoms. The van der Waals surface area contributed by atoms with Gasteiger partial charge in [-0.15, -0.1) is 0 Å². The van der Waals surface area contributed by atoms with Gasteiger partial charge in [0.15, 0.2) is 0 Å². The van der Waals surface area contributed by atoms with E-state index in [0.29, 0.717) is 72.8 Å². The van der Waals surface area contributed by atoms with Gasteiger partial charge in [-0.05, 0) is 144 Å². The average molecular weight is 678 g/mol. The minimum Gasteiger partial charge on any atom is -0.381 e. The Balaban J connectivity index is 1.46. The summed E-state index contributed by atoms with van der Waals surface area (Å²) in [6.45, 7) is 16.4. The highest BCUT2D eigenvalue weighted by molar-refractivity contribution is 5.15. The summed E-state index contributed by atoms with van der Waals surface area (Å²) < 4.78 is 26.5. The van der Waals surface area contributed by atoms with Gasteiger partial charge in [-0.2, -0.15) is 0 Å². The van der Waals surface area contributed by atoms with Crippen LogP contribution in [0.4, 0.5) is 0 Å². The lowest BCUT2D eigenvalue weighted by Gasteiger charge is -2.65. The first kappa shape index (κ1) is 40.5. The van der Waals surface area contributed by atoms with Crippen LogP contribution < -0.4 is 17.2 Å². The standard InChI is InChI=1S/C41H79N3O4/c1-5-6-7-8-9-10-23-45-24-11-15-31(2)34-16-17-35-39-36(30-38(41(34,35)4)48-27-14-22-44)40(3)19-18-33(46-25-12-20-42)28-32(40)29-37(39)47-26-13-21-43/h31-39H,5-30,42-44H2,1-4H3/t31-,32+,33?,34-,35+,36+,37-,38+,39+,40+,41-/m1/s1. The molecule has 4 aliphatic rings. The number of unbranched alkanes of at least 4 members (excludes halogenated alkanes) is 5. The zero-order valence-corrected chi connectivity index (χ0v) is 31.9. The van der Waals surface area contributed by atoms with E-state index < -0.39 is 0 Å². The molecule has 4 saturated carbocycles. The highest BCUT2D eigenvalue weighted by Crippen LogP contribution is 2.69. The van der Waals surface area contributed by atoms with Crippen LogP contribution in [0.1, 0.15) is 143 Å². The van der Waals surface area contributed by atoms with Gasteiger partial charge in [-0.3, -0.25) is 0 Å². The van der Waals surface area contributed by atoms with Gasteiger partial charge in [0, 0.05) is 38.4 Å². The molecule has 0 heterocycles. The van der Waals surface area contributed by atoms with Crippen LogP contribution in [0.25, 0.3) is 0 Å². The van der Waals surface area contributed by atoms with E-state index in [9.17, 15) is 0 Å². The third kappa shape index (κ3) is 9.98. The molecule has 0 aromatic heterocycles. The topological polar surface area (TPSA) is 115 Å². The molecule has 4 rings (SSSR count). The van der Waals surface area contributed by atoms with Gasteiger partial charge >= 0.3 is 0 Å². The maximum atomic E-state index is 7.02. The smallest absolute Gasteiger partial charge is 0.0637 e. The highest BCUT2D eigenvalue weighted by Gasteiger charge is 2.66. The first-order valence-electron chi connectivity index (χ1n) is 20.9. The van der Waals surface area contributed by atoms with Crippen molar-refractivity contribution in [3.8, 4) is 0 Å². The quantitative estimate of drug-likeness (QED) is 0.0891. The fourth-order valence-electron chi connectivity index (χ4n) is 11.4. The lowest BCUT2D eigenvalue weighted by atomic mass is 9.43. The van der Waals surface area contributed by atoms with Crippen LogP contribution >= 0.6 is 0 Å². The second-order valence-corrected chi connectivity index (χ2v) is 17.0. The van der Waals surface area contributed by atoms with E-state index in [4.69, 9.17) is 36.1 Å². The summed E-state index contributed by atoms with van der Waals surface area (Å²) in [5, 5.41) is 0. The maximum Gasteiger partial charge on any atom is 0.0637 e. The third-order valence-corrected chi connectivity index (χ3v) is 14.1. The largest absolute Gasteiger partial charge is 0.381 e. The van der Waals surface area contributed by atoms with Crippen molar-refractivity contribution < 1.29 is 18.9 Å². The van der Waals surface area contributed by atoms with Crippen molar-refractivity contribution in [2.45, 2.75) is 162 Å². The Kier molecular flexibility index (Phi) is 17.4. The second kappa shape index (κ2) is 20.7. The van der Waals surface area contributed by atoms with Gasteiger partial charge in [0.25, 0.3) is 0 Å². The van der Waals surface area contributed by atoms with E-state index in [1.54, 1.807) is 0 Å². The molecule has 0 amide bonds. The molecule has 4 aliphatic carbocycles. The normalized spacial score (nSPS) is 36.8. The summed E-state index contributed by atoms with van der Waals surface area (Å²) in [5.41, 5.74) is 18.2. The van der Waals surface area contributed by atoms with Crippen molar-refractivity contribution in [2.75, 3.05) is 52.7 Å². The van der Waals surface area contributed by atoms with Gasteiger partial charge in [0.2, 0.25) is 0 Å². The molecule has 48 heavy (non-hydrogen) atoms. The van der Waals surface area contributed by atoms with Crippen LogP contribution in [0.3, 0.4) is 0 Å². The zero-order chi connectivity index (χ0) is 34.4. The van der Waals surface area contributed by atoms with E-state index in [0.717, 1.165) is 71.6 Å². The summed E-state index contributed by atoms with van der Waals surface area (Å²) >= 11 is 0. The second-order valence-electron chi connectivity index (χ2n) is 17.0. The lowest BCUT2D eigenvalue weighted by Crippen LogP contribution is -2.63. The van der Waals surface area contributed by atoms with Crippen molar-refractivity contribution in [2.24, 2.45) is 63.5 Å². The maximum absolute atomic E-state index is 7.02. The van der Waals surface area contributed by atoms with Crippen LogP contribution in [0.5, 0.6) is 0 Å². The molecule has 0 aliphatic heterocycles. The molecule has 0 saturated heterocycles.